The van der Waals surface area contributed by atoms with Crippen LogP contribution in [0.2, 0.25) is 0 Å². The Kier molecular flexibility index (Phi) is 2.25. The molecule has 0 spiro atoms. The number of nitrogens with one attached hydrogen (secondary N) is 2. The highest BCUT2D eigenvalue weighted by Crippen LogP contribution is 2.05. The zero-order valence-electron chi connectivity index (χ0n) is 5.59. The third-order valence-corrected chi connectivity index (χ3v) is 1.55. The van der Waals surface area contributed by atoms with Crippen LogP contribution in [0.25, 0.3) is 0 Å². The quantitative estimate of drug-likeness (QED) is 0.490. The van der Waals surface area contributed by atoms with Gasteiger partial charge in [-0.3, -0.25) is 9.59 Å². The average molecular weight is 142 g/mol. The molecular formula is C6H10N2O2. The molecule has 1 aliphatic rings. The molecule has 0 aliphatic carbocycles. The molecule has 1 aliphatic heterocycles. The van der Waals surface area contributed by atoms with Crippen LogP contribution >= 0.6 is 0 Å². The van der Waals surface area contributed by atoms with E-state index in [9.17, 15) is 9.59 Å². The molecule has 1 rings (SSSR count). The SMILES string of the molecule is O=CNCC1CNC(=O)C1. The molecule has 56 valence electrons. The van der Waals surface area contributed by atoms with Gasteiger partial charge in [-0.2, -0.15) is 0 Å². The summed E-state index contributed by atoms with van der Waals surface area (Å²) in [5.74, 6) is 0.371. The predicted molar refractivity (Wildman–Crippen MR) is 35.2 cm³/mol. The summed E-state index contributed by atoms with van der Waals surface area (Å²) >= 11 is 0. The fraction of sp³-hybridized carbons (Fsp3) is 0.667. The lowest BCUT2D eigenvalue weighted by Gasteiger charge is -2.03. The van der Waals surface area contributed by atoms with Crippen molar-refractivity contribution in [2.24, 2.45) is 5.92 Å². The van der Waals surface area contributed by atoms with Gasteiger partial charge in [0.2, 0.25) is 12.3 Å². The molecule has 0 aromatic heterocycles. The fourth-order valence-electron chi connectivity index (χ4n) is 1.02. The minimum Gasteiger partial charge on any atom is -0.358 e. The summed E-state index contributed by atoms with van der Waals surface area (Å²) in [7, 11) is 0. The molecule has 0 aromatic rings. The Morgan fingerprint density at radius 3 is 3.10 bits per heavy atom. The van der Waals surface area contributed by atoms with Gasteiger partial charge >= 0.3 is 0 Å². The lowest BCUT2D eigenvalue weighted by Crippen LogP contribution is -2.22. The third kappa shape index (κ3) is 1.72. The maximum absolute atomic E-state index is 10.6. The molecule has 1 fully saturated rings. The zero-order chi connectivity index (χ0) is 7.40. The number of amides is 2. The summed E-state index contributed by atoms with van der Waals surface area (Å²) in [5, 5.41) is 5.22. The molecule has 0 saturated carbocycles. The monoisotopic (exact) mass is 142 g/mol. The highest BCUT2D eigenvalue weighted by molar-refractivity contribution is 5.78. The largest absolute Gasteiger partial charge is 0.358 e. The van der Waals surface area contributed by atoms with Crippen LogP contribution in [-0.4, -0.2) is 25.4 Å². The number of rotatable bonds is 3. The first-order valence-electron chi connectivity index (χ1n) is 3.26. The highest BCUT2D eigenvalue weighted by Gasteiger charge is 2.20. The lowest BCUT2D eigenvalue weighted by atomic mass is 10.1. The summed E-state index contributed by atoms with van der Waals surface area (Å²) in [6, 6.07) is 0. The molecule has 1 saturated heterocycles. The Morgan fingerprint density at radius 2 is 2.60 bits per heavy atom. The third-order valence-electron chi connectivity index (χ3n) is 1.55. The summed E-state index contributed by atoms with van der Waals surface area (Å²) in [5.41, 5.74) is 0. The molecule has 4 heteroatoms. The Labute approximate surface area is 59.0 Å². The summed E-state index contributed by atoms with van der Waals surface area (Å²) in [6.07, 6.45) is 1.20. The molecule has 0 bridgehead atoms. The van der Waals surface area contributed by atoms with E-state index in [4.69, 9.17) is 0 Å². The minimum absolute atomic E-state index is 0.0812. The van der Waals surface area contributed by atoms with Crippen LogP contribution in [0.5, 0.6) is 0 Å². The Hall–Kier alpha value is -1.06. The highest BCUT2D eigenvalue weighted by atomic mass is 16.2. The van der Waals surface area contributed by atoms with Crippen LogP contribution in [0.1, 0.15) is 6.42 Å². The van der Waals surface area contributed by atoms with Crippen molar-refractivity contribution < 1.29 is 9.59 Å². The van der Waals surface area contributed by atoms with Gasteiger partial charge in [-0.15, -0.1) is 0 Å². The van der Waals surface area contributed by atoms with E-state index in [2.05, 4.69) is 10.6 Å². The summed E-state index contributed by atoms with van der Waals surface area (Å²) in [6.45, 7) is 1.29. The Morgan fingerprint density at radius 1 is 1.80 bits per heavy atom. The second-order valence-electron chi connectivity index (χ2n) is 2.40. The van der Waals surface area contributed by atoms with Crippen LogP contribution in [-0.2, 0) is 9.59 Å². The van der Waals surface area contributed by atoms with E-state index in [0.29, 0.717) is 25.9 Å². The van der Waals surface area contributed by atoms with Crippen LogP contribution in [0.4, 0.5) is 0 Å². The summed E-state index contributed by atoms with van der Waals surface area (Å²) < 4.78 is 0. The first kappa shape index (κ1) is 7.05. The normalized spacial score (nSPS) is 24.0. The van der Waals surface area contributed by atoms with Crippen molar-refractivity contribution in [2.75, 3.05) is 13.1 Å². The second-order valence-corrected chi connectivity index (χ2v) is 2.40. The topological polar surface area (TPSA) is 58.2 Å². The predicted octanol–water partition coefficient (Wildman–Crippen LogP) is -1.13. The van der Waals surface area contributed by atoms with Gasteiger partial charge in [0.15, 0.2) is 0 Å². The van der Waals surface area contributed by atoms with Gasteiger partial charge < -0.3 is 10.6 Å². The van der Waals surface area contributed by atoms with E-state index in [1.807, 2.05) is 0 Å². The first-order valence-corrected chi connectivity index (χ1v) is 3.26. The fourth-order valence-corrected chi connectivity index (χ4v) is 1.02. The van der Waals surface area contributed by atoms with E-state index < -0.39 is 0 Å². The maximum atomic E-state index is 10.6. The first-order chi connectivity index (χ1) is 4.83. The minimum atomic E-state index is 0.0812. The maximum Gasteiger partial charge on any atom is 0.220 e. The molecule has 1 heterocycles. The van der Waals surface area contributed by atoms with Gasteiger partial charge in [-0.1, -0.05) is 0 Å². The molecule has 0 radical (unpaired) electrons. The summed E-state index contributed by atoms with van der Waals surface area (Å²) in [4.78, 5) is 20.4. The van der Waals surface area contributed by atoms with Crippen molar-refractivity contribution in [1.82, 2.24) is 10.6 Å². The van der Waals surface area contributed by atoms with Crippen LogP contribution < -0.4 is 10.6 Å². The van der Waals surface area contributed by atoms with Crippen LogP contribution in [0.3, 0.4) is 0 Å². The van der Waals surface area contributed by atoms with Crippen molar-refractivity contribution in [3.63, 3.8) is 0 Å². The molecule has 1 atom stereocenters. The van der Waals surface area contributed by atoms with Gasteiger partial charge in [0.05, 0.1) is 0 Å². The Bertz CT molecular complexity index is 147. The molecule has 1 unspecified atom stereocenters. The van der Waals surface area contributed by atoms with E-state index in [1.165, 1.54) is 0 Å². The number of carbonyl (C=O) groups excluding carboxylic acids is 2. The number of hydrogen-bond donors (Lipinski definition) is 2. The van der Waals surface area contributed by atoms with Gasteiger partial charge in [0.25, 0.3) is 0 Å². The standard InChI is InChI=1S/C6H10N2O2/c9-4-7-2-5-1-6(10)8-3-5/h4-5H,1-3H2,(H,7,9)(H,8,10). The van der Waals surface area contributed by atoms with Crippen molar-refractivity contribution in [1.29, 1.82) is 0 Å². The van der Waals surface area contributed by atoms with Gasteiger partial charge in [-0.05, 0) is 0 Å². The van der Waals surface area contributed by atoms with E-state index in [1.54, 1.807) is 0 Å². The smallest absolute Gasteiger partial charge is 0.220 e. The van der Waals surface area contributed by atoms with E-state index in [0.717, 1.165) is 0 Å². The molecule has 2 amide bonds. The Balaban J connectivity index is 2.18. The molecular weight excluding hydrogens is 132 g/mol. The van der Waals surface area contributed by atoms with Crippen molar-refractivity contribution in [3.05, 3.63) is 0 Å². The van der Waals surface area contributed by atoms with Gasteiger partial charge in [0, 0.05) is 25.4 Å². The zero-order valence-corrected chi connectivity index (χ0v) is 5.59. The van der Waals surface area contributed by atoms with Crippen LogP contribution in [0.15, 0.2) is 0 Å². The van der Waals surface area contributed by atoms with Crippen LogP contribution in [0, 0.1) is 5.92 Å². The van der Waals surface area contributed by atoms with Crippen molar-refractivity contribution >= 4 is 12.3 Å². The molecule has 4 nitrogen and oxygen atoms in total. The van der Waals surface area contributed by atoms with Gasteiger partial charge in [-0.25, -0.2) is 0 Å². The second kappa shape index (κ2) is 3.20. The number of carbonyl (C=O) groups is 2. The van der Waals surface area contributed by atoms with Gasteiger partial charge in [0.1, 0.15) is 0 Å². The van der Waals surface area contributed by atoms with E-state index >= 15 is 0 Å². The molecule has 0 aromatic carbocycles. The van der Waals surface area contributed by atoms with Crippen molar-refractivity contribution in [3.8, 4) is 0 Å². The number of hydrogen-bond acceptors (Lipinski definition) is 2. The van der Waals surface area contributed by atoms with E-state index in [-0.39, 0.29) is 11.8 Å². The molecule has 2 N–H and O–H groups in total. The van der Waals surface area contributed by atoms with Crippen molar-refractivity contribution in [2.45, 2.75) is 6.42 Å². The molecule has 10 heavy (non-hydrogen) atoms. The lowest BCUT2D eigenvalue weighted by molar-refractivity contribution is -0.119. The average Bonchev–Trinajstić information content (AvgIpc) is 2.31.